The number of piperidine rings is 1. The molecule has 0 atom stereocenters. The van der Waals surface area contributed by atoms with Gasteiger partial charge in [0, 0.05) is 37.0 Å². The number of nitrogens with zero attached hydrogens (tertiary/aromatic N) is 4. The highest BCUT2D eigenvalue weighted by molar-refractivity contribution is 7.98. The summed E-state index contributed by atoms with van der Waals surface area (Å²) in [7, 11) is 0.372. The van der Waals surface area contributed by atoms with Crippen LogP contribution in [0.5, 0.6) is 0 Å². The highest BCUT2D eigenvalue weighted by atomic mass is 35.5. The van der Waals surface area contributed by atoms with Gasteiger partial charge >= 0.3 is 0 Å². The van der Waals surface area contributed by atoms with Gasteiger partial charge in [0.15, 0.2) is 5.13 Å². The van der Waals surface area contributed by atoms with Crippen molar-refractivity contribution in [1.82, 2.24) is 14.2 Å². The number of halogens is 1. The third-order valence-electron chi connectivity index (χ3n) is 5.80. The van der Waals surface area contributed by atoms with Crippen LogP contribution in [0.15, 0.2) is 39.4 Å². The topological polar surface area (TPSA) is 73.8 Å². The van der Waals surface area contributed by atoms with Crippen LogP contribution in [0, 0.1) is 5.92 Å². The van der Waals surface area contributed by atoms with E-state index < -0.39 is 10.0 Å². The first-order chi connectivity index (χ1) is 16.2. The first-order valence-electron chi connectivity index (χ1n) is 10.9. The van der Waals surface area contributed by atoms with Crippen LogP contribution in [0.1, 0.15) is 12.8 Å². The zero-order chi connectivity index (χ0) is 24.5. The Labute approximate surface area is 217 Å². The molecule has 7 nitrogen and oxygen atoms in total. The van der Waals surface area contributed by atoms with E-state index in [-0.39, 0.29) is 16.0 Å². The summed E-state index contributed by atoms with van der Waals surface area (Å²) in [6.07, 6.45) is 2.99. The van der Waals surface area contributed by atoms with Gasteiger partial charge in [-0.15, -0.1) is 23.1 Å². The number of amides is 1. The maximum atomic E-state index is 13.7. The molecule has 0 spiro atoms. The molecule has 1 amide bonds. The van der Waals surface area contributed by atoms with Crippen molar-refractivity contribution in [3.63, 3.8) is 0 Å². The molecule has 1 aliphatic heterocycles. The molecule has 4 rings (SSSR count). The van der Waals surface area contributed by atoms with Gasteiger partial charge in [-0.3, -0.25) is 9.69 Å². The van der Waals surface area contributed by atoms with E-state index in [4.69, 9.17) is 16.6 Å². The van der Waals surface area contributed by atoms with Crippen LogP contribution in [0.25, 0.3) is 10.2 Å². The smallest absolute Gasteiger partial charge is 0.252 e. The standard InChI is InChI=1S/C22H27ClN4O3S4/c1-25(2)13-14-27(22-24-20-16(31-3)5-4-6-17(20)32-22)21(28)15-9-11-26(12-10-15)34(29,30)19-8-7-18(23)33-19/h4-8,15H,9-14H2,1-3H3. The number of hydrogen-bond acceptors (Lipinski definition) is 8. The van der Waals surface area contributed by atoms with Gasteiger partial charge in [-0.25, -0.2) is 13.4 Å². The SMILES string of the molecule is CSc1cccc2sc(N(CCN(C)C)C(=O)C3CCN(S(=O)(=O)c4ccc(Cl)s4)CC3)nc12. The molecule has 3 heterocycles. The van der Waals surface area contributed by atoms with Gasteiger partial charge in [0.05, 0.1) is 14.6 Å². The summed E-state index contributed by atoms with van der Waals surface area (Å²) in [6.45, 7) is 1.87. The minimum Gasteiger partial charge on any atom is -0.308 e. The molecular weight excluding hydrogens is 532 g/mol. The van der Waals surface area contributed by atoms with Gasteiger partial charge < -0.3 is 4.90 Å². The van der Waals surface area contributed by atoms with Crippen molar-refractivity contribution in [3.05, 3.63) is 34.7 Å². The van der Waals surface area contributed by atoms with Crippen molar-refractivity contribution in [2.24, 2.45) is 5.92 Å². The number of aromatic nitrogens is 1. The van der Waals surface area contributed by atoms with Gasteiger partial charge in [0.25, 0.3) is 10.0 Å². The Morgan fingerprint density at radius 2 is 1.91 bits per heavy atom. The largest absolute Gasteiger partial charge is 0.308 e. The van der Waals surface area contributed by atoms with Crippen molar-refractivity contribution in [1.29, 1.82) is 0 Å². The number of anilines is 1. The normalized spacial score (nSPS) is 15.9. The molecule has 1 fully saturated rings. The summed E-state index contributed by atoms with van der Waals surface area (Å²) in [4.78, 5) is 23.4. The lowest BCUT2D eigenvalue weighted by molar-refractivity contribution is -0.123. The molecule has 184 valence electrons. The molecular formula is C22H27ClN4O3S4. The van der Waals surface area contributed by atoms with Crippen LogP contribution >= 0.6 is 46.0 Å². The molecule has 0 saturated carbocycles. The van der Waals surface area contributed by atoms with Crippen LogP contribution in [-0.2, 0) is 14.8 Å². The van der Waals surface area contributed by atoms with E-state index in [9.17, 15) is 13.2 Å². The maximum absolute atomic E-state index is 13.7. The second-order valence-corrected chi connectivity index (χ2v) is 14.1. The number of fused-ring (bicyclic) bond motifs is 1. The van der Waals surface area contributed by atoms with Gasteiger partial charge in [0.1, 0.15) is 4.21 Å². The fourth-order valence-corrected chi connectivity index (χ4v) is 8.68. The van der Waals surface area contributed by atoms with E-state index in [1.54, 1.807) is 28.8 Å². The summed E-state index contributed by atoms with van der Waals surface area (Å²) in [5.74, 6) is -0.226. The molecule has 1 aromatic carbocycles. The van der Waals surface area contributed by atoms with Gasteiger partial charge in [-0.05, 0) is 57.5 Å². The number of thioether (sulfide) groups is 1. The minimum absolute atomic E-state index is 0.0165. The van der Waals surface area contributed by atoms with Crippen molar-refractivity contribution in [2.45, 2.75) is 21.9 Å². The summed E-state index contributed by atoms with van der Waals surface area (Å²) < 4.78 is 29.1. The van der Waals surface area contributed by atoms with Crippen LogP contribution < -0.4 is 4.90 Å². The number of rotatable bonds is 8. The summed E-state index contributed by atoms with van der Waals surface area (Å²) in [5, 5.41) is 0.701. The quantitative estimate of drug-likeness (QED) is 0.372. The zero-order valence-corrected chi connectivity index (χ0v) is 23.3. The van der Waals surface area contributed by atoms with Crippen LogP contribution in [0.3, 0.4) is 0 Å². The van der Waals surface area contributed by atoms with E-state index in [1.807, 2.05) is 43.5 Å². The lowest BCUT2D eigenvalue weighted by Crippen LogP contribution is -2.45. The third kappa shape index (κ3) is 5.45. The average molecular weight is 559 g/mol. The van der Waals surface area contributed by atoms with Gasteiger partial charge in [-0.2, -0.15) is 4.31 Å². The van der Waals surface area contributed by atoms with Crippen LogP contribution in [0.4, 0.5) is 5.13 Å². The fourth-order valence-electron chi connectivity index (χ4n) is 3.92. The number of likely N-dealkylation sites (N-methyl/N-ethyl adjacent to an activating group) is 1. The Hall–Kier alpha value is -1.21. The van der Waals surface area contributed by atoms with E-state index in [0.717, 1.165) is 26.4 Å². The molecule has 1 aliphatic rings. The molecule has 0 bridgehead atoms. The minimum atomic E-state index is -3.59. The number of para-hydroxylation sites is 1. The average Bonchev–Trinajstić information content (AvgIpc) is 3.45. The number of thiazole rings is 1. The number of benzene rings is 1. The van der Waals surface area contributed by atoms with E-state index in [1.165, 1.54) is 15.6 Å². The molecule has 2 aromatic heterocycles. The third-order valence-corrected chi connectivity index (χ3v) is 11.2. The lowest BCUT2D eigenvalue weighted by Gasteiger charge is -2.33. The summed E-state index contributed by atoms with van der Waals surface area (Å²) in [6, 6.07) is 9.22. The highest BCUT2D eigenvalue weighted by Crippen LogP contribution is 2.36. The Morgan fingerprint density at radius 1 is 1.18 bits per heavy atom. The monoisotopic (exact) mass is 558 g/mol. The zero-order valence-electron chi connectivity index (χ0n) is 19.2. The molecule has 0 unspecified atom stereocenters. The van der Waals surface area contributed by atoms with Crippen LogP contribution in [0.2, 0.25) is 4.34 Å². The summed E-state index contributed by atoms with van der Waals surface area (Å²) >= 11 is 10.2. The Bertz CT molecular complexity index is 1270. The van der Waals surface area contributed by atoms with Gasteiger partial charge in [-0.1, -0.05) is 29.0 Å². The second kappa shape index (κ2) is 10.8. The van der Waals surface area contributed by atoms with E-state index >= 15 is 0 Å². The highest BCUT2D eigenvalue weighted by Gasteiger charge is 2.35. The molecule has 34 heavy (non-hydrogen) atoms. The lowest BCUT2D eigenvalue weighted by atomic mass is 9.96. The predicted octanol–water partition coefficient (Wildman–Crippen LogP) is 4.73. The van der Waals surface area contributed by atoms with Crippen molar-refractivity contribution in [3.8, 4) is 0 Å². The maximum Gasteiger partial charge on any atom is 0.252 e. The molecule has 0 N–H and O–H groups in total. The number of hydrogen-bond donors (Lipinski definition) is 0. The summed E-state index contributed by atoms with van der Waals surface area (Å²) in [5.41, 5.74) is 0.924. The van der Waals surface area contributed by atoms with Crippen molar-refractivity contribution < 1.29 is 13.2 Å². The first-order valence-corrected chi connectivity index (χ1v) is 15.5. The molecule has 0 aliphatic carbocycles. The number of carbonyl (C=O) groups excluding carboxylic acids is 1. The Kier molecular flexibility index (Phi) is 8.23. The number of carbonyl (C=O) groups is 1. The van der Waals surface area contributed by atoms with Crippen LogP contribution in [-0.4, -0.2) is 75.0 Å². The first kappa shape index (κ1) is 25.9. The Balaban J connectivity index is 1.53. The predicted molar refractivity (Wildman–Crippen MR) is 143 cm³/mol. The Morgan fingerprint density at radius 3 is 2.53 bits per heavy atom. The van der Waals surface area contributed by atoms with Crippen molar-refractivity contribution in [2.75, 3.05) is 51.4 Å². The molecule has 1 saturated heterocycles. The van der Waals surface area contributed by atoms with E-state index in [2.05, 4.69) is 0 Å². The molecule has 3 aromatic rings. The molecule has 0 radical (unpaired) electrons. The molecule has 12 heteroatoms. The second-order valence-electron chi connectivity index (χ2n) is 8.33. The number of sulfonamides is 1. The van der Waals surface area contributed by atoms with Gasteiger partial charge in [0.2, 0.25) is 5.91 Å². The number of thiophene rings is 1. The fraction of sp³-hybridized carbons (Fsp3) is 0.455. The van der Waals surface area contributed by atoms with E-state index in [0.29, 0.717) is 48.5 Å². The van der Waals surface area contributed by atoms with Crippen molar-refractivity contribution >= 4 is 77.3 Å².